The first kappa shape index (κ1) is 6.55. The van der Waals surface area contributed by atoms with E-state index in [9.17, 15) is 4.79 Å². The smallest absolute Gasteiger partial charge is 0.303 e. The number of hydrogen-bond donors (Lipinski definition) is 1. The Morgan fingerprint density at radius 2 is 2.56 bits per heavy atom. The molecular formula is C6H10O3. The van der Waals surface area contributed by atoms with Crippen LogP contribution in [0.5, 0.6) is 0 Å². The number of carboxylic acids is 1. The second-order valence-electron chi connectivity index (χ2n) is 2.40. The minimum Gasteiger partial charge on any atom is -0.481 e. The molecule has 0 radical (unpaired) electrons. The van der Waals surface area contributed by atoms with E-state index in [-0.39, 0.29) is 18.4 Å². The molecule has 0 aromatic rings. The molecule has 0 unspecified atom stereocenters. The van der Waals surface area contributed by atoms with Gasteiger partial charge in [0.25, 0.3) is 0 Å². The summed E-state index contributed by atoms with van der Waals surface area (Å²) in [4.78, 5) is 10.1. The van der Waals surface area contributed by atoms with Crippen molar-refractivity contribution in [1.29, 1.82) is 0 Å². The Morgan fingerprint density at radius 3 is 2.67 bits per heavy atom. The predicted molar refractivity (Wildman–Crippen MR) is 31.2 cm³/mol. The van der Waals surface area contributed by atoms with Crippen molar-refractivity contribution in [3.8, 4) is 0 Å². The monoisotopic (exact) mass is 130 g/mol. The minimum atomic E-state index is -0.727. The lowest BCUT2D eigenvalue weighted by molar-refractivity contribution is -0.150. The highest BCUT2D eigenvalue weighted by atomic mass is 16.5. The molecule has 3 heteroatoms. The third-order valence-electron chi connectivity index (χ3n) is 1.67. The lowest BCUT2D eigenvalue weighted by atomic mass is 9.96. The molecule has 9 heavy (non-hydrogen) atoms. The molecule has 0 spiro atoms. The van der Waals surface area contributed by atoms with Gasteiger partial charge in [-0.25, -0.2) is 0 Å². The van der Waals surface area contributed by atoms with E-state index >= 15 is 0 Å². The molecule has 52 valence electrons. The molecule has 1 fully saturated rings. The first-order chi connectivity index (χ1) is 4.20. The fourth-order valence-electron chi connectivity index (χ4n) is 0.874. The molecule has 0 amide bonds. The number of rotatable bonds is 2. The van der Waals surface area contributed by atoms with Gasteiger partial charge in [-0.15, -0.1) is 0 Å². The van der Waals surface area contributed by atoms with Crippen LogP contribution in [0.3, 0.4) is 0 Å². The zero-order chi connectivity index (χ0) is 6.85. The first-order valence-corrected chi connectivity index (χ1v) is 3.03. The van der Waals surface area contributed by atoms with Crippen LogP contribution >= 0.6 is 0 Å². The van der Waals surface area contributed by atoms with Crippen molar-refractivity contribution in [2.75, 3.05) is 6.61 Å². The van der Waals surface area contributed by atoms with Crippen molar-refractivity contribution >= 4 is 5.97 Å². The Bertz CT molecular complexity index is 121. The van der Waals surface area contributed by atoms with Crippen molar-refractivity contribution in [3.63, 3.8) is 0 Å². The van der Waals surface area contributed by atoms with Crippen LogP contribution in [0.15, 0.2) is 0 Å². The summed E-state index contributed by atoms with van der Waals surface area (Å²) in [6.45, 7) is 2.52. The molecule has 1 rings (SSSR count). The molecule has 3 nitrogen and oxygen atoms in total. The number of aliphatic carboxylic acids is 1. The summed E-state index contributed by atoms with van der Waals surface area (Å²) in [5.41, 5.74) is 0. The highest BCUT2D eigenvalue weighted by Crippen LogP contribution is 2.22. The lowest BCUT2D eigenvalue weighted by Crippen LogP contribution is -2.38. The summed E-state index contributed by atoms with van der Waals surface area (Å²) in [5, 5.41) is 8.31. The predicted octanol–water partition coefficient (Wildman–Crippen LogP) is 0.496. The molecule has 0 bridgehead atoms. The highest BCUT2D eigenvalue weighted by molar-refractivity contribution is 5.67. The number of carbonyl (C=O) groups is 1. The Morgan fingerprint density at radius 1 is 1.89 bits per heavy atom. The van der Waals surface area contributed by atoms with E-state index in [2.05, 4.69) is 0 Å². The zero-order valence-electron chi connectivity index (χ0n) is 5.33. The second kappa shape index (κ2) is 2.35. The summed E-state index contributed by atoms with van der Waals surface area (Å²) in [5.74, 6) is -0.474. The topological polar surface area (TPSA) is 46.5 Å². The normalized spacial score (nSPS) is 33.4. The minimum absolute atomic E-state index is 0.154. The molecule has 0 aromatic heterocycles. The molecule has 2 atom stereocenters. The van der Waals surface area contributed by atoms with Gasteiger partial charge in [-0.3, -0.25) is 4.79 Å². The van der Waals surface area contributed by atoms with Gasteiger partial charge < -0.3 is 9.84 Å². The van der Waals surface area contributed by atoms with Gasteiger partial charge in [0.1, 0.15) is 0 Å². The maximum absolute atomic E-state index is 10.1. The van der Waals surface area contributed by atoms with Crippen molar-refractivity contribution in [2.24, 2.45) is 5.92 Å². The van der Waals surface area contributed by atoms with E-state index in [0.717, 1.165) is 0 Å². The van der Waals surface area contributed by atoms with Crippen molar-refractivity contribution in [1.82, 2.24) is 0 Å². The van der Waals surface area contributed by atoms with E-state index in [1.54, 1.807) is 0 Å². The number of carboxylic acid groups (broad SMARTS) is 1. The van der Waals surface area contributed by atoms with Gasteiger partial charge in [0.2, 0.25) is 0 Å². The summed E-state index contributed by atoms with van der Waals surface area (Å²) in [6, 6.07) is 0. The van der Waals surface area contributed by atoms with E-state index in [1.807, 2.05) is 6.92 Å². The second-order valence-corrected chi connectivity index (χ2v) is 2.40. The molecule has 1 aliphatic rings. The highest BCUT2D eigenvalue weighted by Gasteiger charge is 2.29. The van der Waals surface area contributed by atoms with E-state index in [0.29, 0.717) is 6.61 Å². The lowest BCUT2D eigenvalue weighted by Gasteiger charge is -2.32. The van der Waals surface area contributed by atoms with Crippen LogP contribution in [-0.2, 0) is 9.53 Å². The molecule has 1 N–H and O–H groups in total. The molecule has 0 saturated carbocycles. The third kappa shape index (κ3) is 1.42. The van der Waals surface area contributed by atoms with Gasteiger partial charge in [0, 0.05) is 5.92 Å². The average molecular weight is 130 g/mol. The van der Waals surface area contributed by atoms with Crippen molar-refractivity contribution < 1.29 is 14.6 Å². The van der Waals surface area contributed by atoms with Gasteiger partial charge in [-0.05, 0) is 6.92 Å². The Hall–Kier alpha value is -0.570. The van der Waals surface area contributed by atoms with Crippen LogP contribution in [0, 0.1) is 5.92 Å². The fraction of sp³-hybridized carbons (Fsp3) is 0.833. The van der Waals surface area contributed by atoms with Crippen molar-refractivity contribution in [2.45, 2.75) is 19.4 Å². The van der Waals surface area contributed by atoms with Gasteiger partial charge in [0.05, 0.1) is 19.1 Å². The first-order valence-electron chi connectivity index (χ1n) is 3.03. The van der Waals surface area contributed by atoms with E-state index in [1.165, 1.54) is 0 Å². The van der Waals surface area contributed by atoms with E-state index < -0.39 is 5.97 Å². The summed E-state index contributed by atoms with van der Waals surface area (Å²) in [6.07, 6.45) is 0.405. The SMILES string of the molecule is C[C@H]1OC[C@H]1CC(=O)O. The van der Waals surface area contributed by atoms with Gasteiger partial charge in [-0.2, -0.15) is 0 Å². The Labute approximate surface area is 53.6 Å². The van der Waals surface area contributed by atoms with Gasteiger partial charge in [0.15, 0.2) is 0 Å². The van der Waals surface area contributed by atoms with Crippen LogP contribution in [0.25, 0.3) is 0 Å². The maximum Gasteiger partial charge on any atom is 0.303 e. The Kier molecular flexibility index (Phi) is 1.71. The van der Waals surface area contributed by atoms with Crippen LogP contribution < -0.4 is 0 Å². The molecular weight excluding hydrogens is 120 g/mol. The zero-order valence-corrected chi connectivity index (χ0v) is 5.33. The quantitative estimate of drug-likeness (QED) is 0.592. The molecule has 1 saturated heterocycles. The Balaban J connectivity index is 2.21. The van der Waals surface area contributed by atoms with Crippen LogP contribution in [0.2, 0.25) is 0 Å². The average Bonchev–Trinajstić information content (AvgIpc) is 1.79. The van der Waals surface area contributed by atoms with Crippen LogP contribution in [0.1, 0.15) is 13.3 Å². The van der Waals surface area contributed by atoms with Gasteiger partial charge in [-0.1, -0.05) is 0 Å². The molecule has 1 aliphatic heterocycles. The van der Waals surface area contributed by atoms with Gasteiger partial charge >= 0.3 is 5.97 Å². The largest absolute Gasteiger partial charge is 0.481 e. The number of hydrogen-bond acceptors (Lipinski definition) is 2. The molecule has 0 aromatic carbocycles. The molecule has 0 aliphatic carbocycles. The summed E-state index contributed by atoms with van der Waals surface area (Å²) >= 11 is 0. The van der Waals surface area contributed by atoms with E-state index in [4.69, 9.17) is 9.84 Å². The standard InChI is InChI=1S/C6H10O3/c1-4-5(3-9-4)2-6(7)8/h4-5H,2-3H2,1H3,(H,7,8)/t4-,5-/m1/s1. The van der Waals surface area contributed by atoms with Crippen LogP contribution in [-0.4, -0.2) is 23.8 Å². The van der Waals surface area contributed by atoms with Crippen LogP contribution in [0.4, 0.5) is 0 Å². The fourth-order valence-corrected chi connectivity index (χ4v) is 0.874. The number of ether oxygens (including phenoxy) is 1. The summed E-state index contributed by atoms with van der Waals surface area (Å²) in [7, 11) is 0. The maximum atomic E-state index is 10.1. The third-order valence-corrected chi connectivity index (χ3v) is 1.67. The molecule has 1 heterocycles. The van der Waals surface area contributed by atoms with Crippen molar-refractivity contribution in [3.05, 3.63) is 0 Å². The summed E-state index contributed by atoms with van der Waals surface area (Å²) < 4.78 is 4.98.